The summed E-state index contributed by atoms with van der Waals surface area (Å²) in [7, 11) is 0. The Labute approximate surface area is 120 Å². The Morgan fingerprint density at radius 2 is 0.667 bits per heavy atom. The first kappa shape index (κ1) is 21.0. The van der Waals surface area contributed by atoms with E-state index in [1.807, 2.05) is 0 Å². The van der Waals surface area contributed by atoms with Gasteiger partial charge < -0.3 is 5.11 Å². The Morgan fingerprint density at radius 1 is 0.458 bits per heavy atom. The molecule has 1 atom stereocenters. The maximum Gasteiger partial charge on any atom is 0.452 e. The molecule has 0 radical (unpaired) electrons. The van der Waals surface area contributed by atoms with Crippen LogP contribution in [0.5, 0.6) is 0 Å². The fraction of sp³-hybridized carbons (Fsp3) is 1.00. The smallest absolute Gasteiger partial charge is 0.352 e. The minimum Gasteiger partial charge on any atom is -0.352 e. The Balaban J connectivity index is 4.04. The molecular weight excluding hydrogens is 397 g/mol. The first-order valence-corrected chi connectivity index (χ1v) is 5.06. The summed E-state index contributed by atoms with van der Waals surface area (Å²) in [5.74, 6) is -47.8. The van der Waals surface area contributed by atoms with Gasteiger partial charge in [-0.05, 0) is 0 Å². The third-order valence-electron chi connectivity index (χ3n) is 3.27. The van der Waals surface area contributed by atoms with Gasteiger partial charge in [0.25, 0.3) is 0 Å². The highest BCUT2D eigenvalue weighted by molar-refractivity contribution is 5.30. The molecule has 1 aliphatic rings. The molecule has 144 valence electrons. The van der Waals surface area contributed by atoms with Gasteiger partial charge in [-0.3, -0.25) is 0 Å². The summed E-state index contributed by atoms with van der Waals surface area (Å²) in [6, 6.07) is 0. The number of alkyl halides is 15. The van der Waals surface area contributed by atoms with E-state index in [1.165, 1.54) is 0 Å². The van der Waals surface area contributed by atoms with E-state index in [0.29, 0.717) is 0 Å². The van der Waals surface area contributed by atoms with Crippen LogP contribution in [0.4, 0.5) is 65.9 Å². The first-order valence-electron chi connectivity index (χ1n) is 5.06. The van der Waals surface area contributed by atoms with Crippen LogP contribution in [0, 0.1) is 0 Å². The molecule has 1 unspecified atom stereocenters. The van der Waals surface area contributed by atoms with Crippen LogP contribution in [0.15, 0.2) is 0 Å². The molecule has 0 bridgehead atoms. The SMILES string of the molecule is OC(F)(C(F)(F)F)C1(F)C(F)(F)C(F)(F)C(F)(F)C(F)(F)C1(F)F. The molecule has 24 heavy (non-hydrogen) atoms. The van der Waals surface area contributed by atoms with Gasteiger partial charge in [0.05, 0.1) is 0 Å². The van der Waals surface area contributed by atoms with Gasteiger partial charge >= 0.3 is 47.3 Å². The second-order valence-corrected chi connectivity index (χ2v) is 4.65. The maximum atomic E-state index is 13.6. The zero-order valence-corrected chi connectivity index (χ0v) is 10.1. The molecule has 0 aliphatic heterocycles. The molecule has 1 N–H and O–H groups in total. The number of aliphatic hydroxyl groups is 1. The molecule has 0 heterocycles. The van der Waals surface area contributed by atoms with Crippen LogP contribution < -0.4 is 0 Å². The second kappa shape index (κ2) is 4.35. The molecule has 0 saturated heterocycles. The molecule has 1 nitrogen and oxygen atoms in total. The number of rotatable bonds is 1. The van der Waals surface area contributed by atoms with Crippen molar-refractivity contribution in [2.45, 2.75) is 47.3 Å². The largest absolute Gasteiger partial charge is 0.452 e. The van der Waals surface area contributed by atoms with Crippen molar-refractivity contribution >= 4 is 0 Å². The third-order valence-corrected chi connectivity index (χ3v) is 3.27. The lowest BCUT2D eigenvalue weighted by Crippen LogP contribution is -2.89. The van der Waals surface area contributed by atoms with E-state index >= 15 is 0 Å². The van der Waals surface area contributed by atoms with Crippen molar-refractivity contribution in [2.24, 2.45) is 0 Å². The van der Waals surface area contributed by atoms with Crippen molar-refractivity contribution < 1.29 is 71.0 Å². The Morgan fingerprint density at radius 3 is 0.875 bits per heavy atom. The van der Waals surface area contributed by atoms with Gasteiger partial charge in [-0.25, -0.2) is 4.39 Å². The fourth-order valence-electron chi connectivity index (χ4n) is 1.83. The van der Waals surface area contributed by atoms with Gasteiger partial charge in [0.15, 0.2) is 0 Å². The summed E-state index contributed by atoms with van der Waals surface area (Å²) < 4.78 is 192. The third kappa shape index (κ3) is 1.65. The first-order chi connectivity index (χ1) is 10.0. The lowest BCUT2D eigenvalue weighted by molar-refractivity contribution is -0.528. The van der Waals surface area contributed by atoms with E-state index < -0.39 is 47.3 Å². The summed E-state index contributed by atoms with van der Waals surface area (Å²) in [6.07, 6.45) is -7.62. The van der Waals surface area contributed by atoms with Crippen LogP contribution in [0.1, 0.15) is 0 Å². The minimum atomic E-state index is -8.21. The average Bonchev–Trinajstić information content (AvgIpc) is 2.33. The van der Waals surface area contributed by atoms with E-state index in [9.17, 15) is 65.9 Å². The van der Waals surface area contributed by atoms with E-state index in [4.69, 9.17) is 5.11 Å². The normalized spacial score (nSPS) is 32.0. The van der Waals surface area contributed by atoms with Crippen LogP contribution in [0.2, 0.25) is 0 Å². The van der Waals surface area contributed by atoms with Gasteiger partial charge in [0.1, 0.15) is 0 Å². The van der Waals surface area contributed by atoms with Crippen molar-refractivity contribution in [1.82, 2.24) is 0 Å². The summed E-state index contributed by atoms with van der Waals surface area (Å²) in [4.78, 5) is 0. The molecule has 0 aromatic rings. The van der Waals surface area contributed by atoms with Crippen LogP contribution in [-0.4, -0.2) is 52.4 Å². The van der Waals surface area contributed by atoms with Crippen molar-refractivity contribution in [3.05, 3.63) is 0 Å². The molecule has 1 rings (SSSR count). The number of hydrogen-bond donors (Lipinski definition) is 1. The topological polar surface area (TPSA) is 20.2 Å². The van der Waals surface area contributed by atoms with Gasteiger partial charge in [0, 0.05) is 0 Å². The number of hydrogen-bond acceptors (Lipinski definition) is 1. The molecule has 0 amide bonds. The van der Waals surface area contributed by atoms with Crippen LogP contribution in [0.25, 0.3) is 0 Å². The van der Waals surface area contributed by atoms with Crippen molar-refractivity contribution in [3.63, 3.8) is 0 Å². The van der Waals surface area contributed by atoms with Gasteiger partial charge in [-0.1, -0.05) is 0 Å². The summed E-state index contributed by atoms with van der Waals surface area (Å²) in [5.41, 5.74) is -8.21. The zero-order valence-electron chi connectivity index (χ0n) is 10.1. The van der Waals surface area contributed by atoms with E-state index in [0.717, 1.165) is 0 Å². The monoisotopic (exact) mass is 398 g/mol. The molecule has 0 spiro atoms. The summed E-state index contributed by atoms with van der Waals surface area (Å²) in [6.45, 7) is 0. The quantitative estimate of drug-likeness (QED) is 0.660. The molecule has 0 aromatic carbocycles. The van der Waals surface area contributed by atoms with Crippen LogP contribution in [0.3, 0.4) is 0 Å². The second-order valence-electron chi connectivity index (χ2n) is 4.65. The molecule has 1 aliphatic carbocycles. The van der Waals surface area contributed by atoms with Gasteiger partial charge in [-0.15, -0.1) is 0 Å². The summed E-state index contributed by atoms with van der Waals surface area (Å²) in [5, 5.41) is 8.00. The van der Waals surface area contributed by atoms with Crippen molar-refractivity contribution in [2.75, 3.05) is 0 Å². The standard InChI is InChI=1S/C8HF15O/c9-1(7(20,24)8(21,22)23)2(10,11)4(14,15)6(18,19)5(16,17)3(1,12)13/h24H. The molecule has 1 fully saturated rings. The highest BCUT2D eigenvalue weighted by Gasteiger charge is 3.06. The van der Waals surface area contributed by atoms with Gasteiger partial charge in [0.2, 0.25) is 0 Å². The van der Waals surface area contributed by atoms with Gasteiger partial charge in [-0.2, -0.15) is 61.5 Å². The molecule has 16 heteroatoms. The highest BCUT2D eigenvalue weighted by atomic mass is 19.4. The zero-order chi connectivity index (χ0) is 20.0. The summed E-state index contributed by atoms with van der Waals surface area (Å²) >= 11 is 0. The Hall–Kier alpha value is -1.09. The lowest BCUT2D eigenvalue weighted by atomic mass is 9.68. The van der Waals surface area contributed by atoms with Crippen molar-refractivity contribution in [3.8, 4) is 0 Å². The predicted octanol–water partition coefficient (Wildman–Crippen LogP) is 4.11. The Kier molecular flexibility index (Phi) is 3.80. The van der Waals surface area contributed by atoms with Crippen LogP contribution in [-0.2, 0) is 0 Å². The fourth-order valence-corrected chi connectivity index (χ4v) is 1.83. The lowest BCUT2D eigenvalue weighted by Gasteiger charge is -2.54. The van der Waals surface area contributed by atoms with Crippen LogP contribution >= 0.6 is 0 Å². The molecular formula is C8HF15O. The number of halogens is 15. The predicted molar refractivity (Wildman–Crippen MR) is 40.7 cm³/mol. The highest BCUT2D eigenvalue weighted by Crippen LogP contribution is 2.72. The maximum absolute atomic E-state index is 13.6. The van der Waals surface area contributed by atoms with E-state index in [1.54, 1.807) is 0 Å². The average molecular weight is 398 g/mol. The minimum absolute atomic E-state index is 7.62. The molecule has 0 aromatic heterocycles. The Bertz CT molecular complexity index is 498. The van der Waals surface area contributed by atoms with E-state index in [-0.39, 0.29) is 0 Å². The molecule has 1 saturated carbocycles. The van der Waals surface area contributed by atoms with Crippen molar-refractivity contribution in [1.29, 1.82) is 0 Å². The van der Waals surface area contributed by atoms with E-state index in [2.05, 4.69) is 0 Å².